The van der Waals surface area contributed by atoms with Crippen LogP contribution >= 0.6 is 0 Å². The van der Waals surface area contributed by atoms with E-state index in [4.69, 9.17) is 15.3 Å². The Hall–Kier alpha value is -1.89. The molecule has 8 heteroatoms. The van der Waals surface area contributed by atoms with Crippen LogP contribution in [-0.2, 0) is 31.5 Å². The Morgan fingerprint density at radius 1 is 0.565 bits per heavy atom. The topological polar surface area (TPSA) is 143 Å². The van der Waals surface area contributed by atoms with Gasteiger partial charge in [0.2, 0.25) is 0 Å². The van der Waals surface area contributed by atoms with Crippen LogP contribution in [-0.4, -0.2) is 38.1 Å². The van der Waals surface area contributed by atoms with Gasteiger partial charge in [0.1, 0.15) is 0 Å². The molecule has 136 valence electrons. The molecule has 0 aromatic carbocycles. The number of carbonyl (C=O) groups is 3. The fraction of sp³-hybridized carbons (Fsp3) is 0.400. The van der Waals surface area contributed by atoms with E-state index in [-0.39, 0.29) is 57.2 Å². The molecule has 0 aromatic heterocycles. The van der Waals surface area contributed by atoms with E-state index in [2.05, 4.69) is 0 Å². The first-order valence-electron chi connectivity index (χ1n) is 6.02. The Labute approximate surface area is 147 Å². The van der Waals surface area contributed by atoms with Gasteiger partial charge in [-0.15, -0.1) is 0 Å². The number of hydrogen-bond donors (Lipinski definition) is 3. The molecule has 0 rings (SSSR count). The molecule has 0 aliphatic heterocycles. The summed E-state index contributed by atoms with van der Waals surface area (Å²) in [6.07, 6.45) is 3.50. The Morgan fingerprint density at radius 3 is 0.696 bits per heavy atom. The standard InChI is InChI=1S/3C5H8O2.Fe.H2O/c3*1-4(6)3-5(2)7;;/h3*3,6H,1-2H3;;1H2/b3*4-3-;;. The zero-order valence-corrected chi connectivity index (χ0v) is 15.3. The second-order valence-corrected chi connectivity index (χ2v) is 4.19. The van der Waals surface area contributed by atoms with Crippen molar-refractivity contribution in [3.05, 3.63) is 35.5 Å². The molecule has 0 atom stereocenters. The largest absolute Gasteiger partial charge is 0.512 e. The van der Waals surface area contributed by atoms with Gasteiger partial charge in [-0.2, -0.15) is 0 Å². The smallest absolute Gasteiger partial charge is 0.155 e. The number of allylic oxidation sites excluding steroid dienone is 6. The van der Waals surface area contributed by atoms with Crippen molar-refractivity contribution in [1.82, 2.24) is 0 Å². The van der Waals surface area contributed by atoms with Gasteiger partial charge in [0.25, 0.3) is 0 Å². The number of ketones is 3. The molecule has 0 heterocycles. The quantitative estimate of drug-likeness (QED) is 0.393. The normalized spacial score (nSPS) is 10.4. The van der Waals surface area contributed by atoms with Crippen molar-refractivity contribution in [2.75, 3.05) is 0 Å². The maximum Gasteiger partial charge on any atom is 0.155 e. The molecule has 0 fully saturated rings. The maximum atomic E-state index is 10.0. The summed E-state index contributed by atoms with van der Waals surface area (Å²) in [6, 6.07) is 0. The summed E-state index contributed by atoms with van der Waals surface area (Å²) in [5.41, 5.74) is 0. The van der Waals surface area contributed by atoms with Gasteiger partial charge < -0.3 is 20.8 Å². The van der Waals surface area contributed by atoms with Gasteiger partial charge in [-0.05, 0) is 41.5 Å². The van der Waals surface area contributed by atoms with Gasteiger partial charge in [0.05, 0.1) is 17.3 Å². The molecule has 0 saturated carbocycles. The van der Waals surface area contributed by atoms with Crippen LogP contribution in [0.5, 0.6) is 0 Å². The first kappa shape index (κ1) is 32.9. The number of carbonyl (C=O) groups excluding carboxylic acids is 3. The predicted octanol–water partition coefficient (Wildman–Crippen LogP) is 2.28. The Bertz CT molecular complexity index is 370. The third-order valence-corrected chi connectivity index (χ3v) is 1.24. The maximum absolute atomic E-state index is 10.0. The van der Waals surface area contributed by atoms with Crippen LogP contribution in [0.4, 0.5) is 0 Å². The molecule has 0 unspecified atom stereocenters. The van der Waals surface area contributed by atoms with Crippen molar-refractivity contribution >= 4 is 17.3 Å². The van der Waals surface area contributed by atoms with E-state index in [1.807, 2.05) is 0 Å². The molecule has 0 spiro atoms. The average Bonchev–Trinajstić information content (AvgIpc) is 2.10. The average molecular weight is 374 g/mol. The molecule has 0 aliphatic rings. The molecule has 0 amide bonds. The Morgan fingerprint density at radius 2 is 0.696 bits per heavy atom. The molecule has 0 saturated heterocycles. The van der Waals surface area contributed by atoms with Crippen molar-refractivity contribution in [3.63, 3.8) is 0 Å². The van der Waals surface area contributed by atoms with Crippen LogP contribution in [0.15, 0.2) is 35.5 Å². The second kappa shape index (κ2) is 20.1. The fourth-order valence-electron chi connectivity index (χ4n) is 0.882. The summed E-state index contributed by atoms with van der Waals surface area (Å²) in [4.78, 5) is 30.1. The summed E-state index contributed by atoms with van der Waals surface area (Å²) in [5.74, 6) is -0.187. The van der Waals surface area contributed by atoms with Crippen molar-refractivity contribution in [2.24, 2.45) is 0 Å². The number of hydrogen-bond acceptors (Lipinski definition) is 6. The fourth-order valence-corrected chi connectivity index (χ4v) is 0.882. The van der Waals surface area contributed by atoms with E-state index >= 15 is 0 Å². The summed E-state index contributed by atoms with van der Waals surface area (Å²) in [6.45, 7) is 8.54. The predicted molar refractivity (Wildman–Crippen MR) is 84.8 cm³/mol. The van der Waals surface area contributed by atoms with Crippen molar-refractivity contribution in [3.8, 4) is 0 Å². The number of aliphatic hydroxyl groups excluding tert-OH is 3. The molecule has 0 radical (unpaired) electrons. The number of aliphatic hydroxyl groups is 3. The van der Waals surface area contributed by atoms with E-state index in [0.29, 0.717) is 0 Å². The molecular formula is C15H26FeO7. The third-order valence-electron chi connectivity index (χ3n) is 1.24. The molecular weight excluding hydrogens is 348 g/mol. The van der Waals surface area contributed by atoms with E-state index in [1.165, 1.54) is 59.8 Å². The van der Waals surface area contributed by atoms with Crippen molar-refractivity contribution in [2.45, 2.75) is 41.5 Å². The molecule has 0 aliphatic carbocycles. The van der Waals surface area contributed by atoms with Crippen LogP contribution in [0.1, 0.15) is 41.5 Å². The van der Waals surface area contributed by atoms with Crippen LogP contribution in [0.3, 0.4) is 0 Å². The summed E-state index contributed by atoms with van der Waals surface area (Å²) < 4.78 is 0. The summed E-state index contributed by atoms with van der Waals surface area (Å²) in [5, 5.41) is 25.1. The van der Waals surface area contributed by atoms with Crippen LogP contribution < -0.4 is 0 Å². The van der Waals surface area contributed by atoms with Gasteiger partial charge in [-0.1, -0.05) is 0 Å². The Balaban J connectivity index is -0.0000000675. The minimum absolute atomic E-state index is 0. The first-order chi connectivity index (χ1) is 9.38. The van der Waals surface area contributed by atoms with Gasteiger partial charge in [0.15, 0.2) is 17.3 Å². The molecule has 7 nitrogen and oxygen atoms in total. The SMILES string of the molecule is CC(=O)/C=C(/C)O.CC(=O)/C=C(/C)O.CC(=O)/C=C(/C)O.O.[Fe]. The summed E-state index contributed by atoms with van der Waals surface area (Å²) >= 11 is 0. The van der Waals surface area contributed by atoms with E-state index in [9.17, 15) is 14.4 Å². The van der Waals surface area contributed by atoms with Crippen molar-refractivity contribution in [1.29, 1.82) is 0 Å². The van der Waals surface area contributed by atoms with Gasteiger partial charge in [-0.3, -0.25) is 14.4 Å². The monoisotopic (exact) mass is 374 g/mol. The van der Waals surface area contributed by atoms with E-state index < -0.39 is 0 Å². The van der Waals surface area contributed by atoms with E-state index in [0.717, 1.165) is 0 Å². The molecule has 5 N–H and O–H groups in total. The van der Waals surface area contributed by atoms with E-state index in [1.54, 1.807) is 0 Å². The van der Waals surface area contributed by atoms with Crippen molar-refractivity contribution < 1.29 is 52.2 Å². The summed E-state index contributed by atoms with van der Waals surface area (Å²) in [7, 11) is 0. The zero-order valence-electron chi connectivity index (χ0n) is 14.2. The van der Waals surface area contributed by atoms with Crippen LogP contribution in [0, 0.1) is 0 Å². The third kappa shape index (κ3) is 64.5. The minimum Gasteiger partial charge on any atom is -0.512 e. The van der Waals surface area contributed by atoms with Gasteiger partial charge in [0, 0.05) is 35.3 Å². The van der Waals surface area contributed by atoms with Gasteiger partial charge >= 0.3 is 0 Å². The number of rotatable bonds is 3. The zero-order chi connectivity index (χ0) is 17.6. The minimum atomic E-state index is -0.125. The van der Waals surface area contributed by atoms with Gasteiger partial charge in [-0.25, -0.2) is 0 Å². The molecule has 23 heavy (non-hydrogen) atoms. The van der Waals surface area contributed by atoms with Crippen LogP contribution in [0.25, 0.3) is 0 Å². The second-order valence-electron chi connectivity index (χ2n) is 4.19. The first-order valence-corrected chi connectivity index (χ1v) is 6.02. The molecule has 0 aromatic rings. The van der Waals surface area contributed by atoms with Crippen LogP contribution in [0.2, 0.25) is 0 Å². The Kier molecular flexibility index (Phi) is 28.8. The molecule has 0 bridgehead atoms.